The van der Waals surface area contributed by atoms with Gasteiger partial charge in [0.05, 0.1) is 24.0 Å². The summed E-state index contributed by atoms with van der Waals surface area (Å²) in [5.41, 5.74) is 0.979. The van der Waals surface area contributed by atoms with Crippen LogP contribution in [0, 0.1) is 0 Å². The molecule has 0 radical (unpaired) electrons. The first-order valence-corrected chi connectivity index (χ1v) is 6.13. The van der Waals surface area contributed by atoms with Crippen molar-refractivity contribution in [3.63, 3.8) is 0 Å². The fraction of sp³-hybridized carbons (Fsp3) is 0.333. The molecule has 1 aliphatic rings. The van der Waals surface area contributed by atoms with Crippen LogP contribution in [0.3, 0.4) is 0 Å². The number of para-hydroxylation sites is 1. The predicted molar refractivity (Wildman–Crippen MR) is 65.5 cm³/mol. The number of carbonyl (C=O) groups excluding carboxylic acids is 1. The van der Waals surface area contributed by atoms with E-state index in [0.29, 0.717) is 13.0 Å². The first kappa shape index (κ1) is 11.2. The van der Waals surface area contributed by atoms with Gasteiger partial charge in [-0.3, -0.25) is 9.79 Å². The van der Waals surface area contributed by atoms with Crippen LogP contribution >= 0.6 is 11.8 Å². The second kappa shape index (κ2) is 5.16. The lowest BCUT2D eigenvalue weighted by atomic mass is 10.3. The summed E-state index contributed by atoms with van der Waals surface area (Å²) in [4.78, 5) is 16.8. The van der Waals surface area contributed by atoms with Gasteiger partial charge in [0.15, 0.2) is 0 Å². The van der Waals surface area contributed by atoms with Crippen LogP contribution in [0.5, 0.6) is 0 Å². The average Bonchev–Trinajstić information content (AvgIpc) is 2.29. The molecular weight excluding hydrogens is 222 g/mol. The zero-order chi connectivity index (χ0) is 11.4. The fourth-order valence-corrected chi connectivity index (χ4v) is 2.56. The highest BCUT2D eigenvalue weighted by molar-refractivity contribution is 8.00. The van der Waals surface area contributed by atoms with Gasteiger partial charge in [-0.25, -0.2) is 0 Å². The molecule has 1 aromatic rings. The largest absolute Gasteiger partial charge is 0.466 e. The van der Waals surface area contributed by atoms with Crippen LogP contribution in [0.4, 0.5) is 5.69 Å². The standard InChI is InChI=1S/C12H13NO2S/c1-2-15-12(14)7-9-8-13-10-5-3-4-6-11(10)16-9/h3-6,8-9H,2,7H2,1H3. The maximum Gasteiger partial charge on any atom is 0.307 e. The molecule has 1 atom stereocenters. The molecule has 0 N–H and O–H groups in total. The topological polar surface area (TPSA) is 38.7 Å². The first-order valence-electron chi connectivity index (χ1n) is 5.25. The third-order valence-corrected chi connectivity index (χ3v) is 3.39. The number of benzene rings is 1. The minimum atomic E-state index is -0.161. The number of thioether (sulfide) groups is 1. The van der Waals surface area contributed by atoms with Crippen molar-refractivity contribution >= 4 is 29.6 Å². The number of rotatable bonds is 3. The molecular formula is C12H13NO2S. The average molecular weight is 235 g/mol. The quantitative estimate of drug-likeness (QED) is 0.756. The van der Waals surface area contributed by atoms with Crippen LogP contribution in [-0.4, -0.2) is 24.0 Å². The molecule has 0 spiro atoms. The third kappa shape index (κ3) is 2.64. The predicted octanol–water partition coefficient (Wildman–Crippen LogP) is 2.82. The van der Waals surface area contributed by atoms with Gasteiger partial charge in [0.2, 0.25) is 0 Å². The van der Waals surface area contributed by atoms with E-state index in [-0.39, 0.29) is 11.2 Å². The zero-order valence-corrected chi connectivity index (χ0v) is 9.87. The summed E-state index contributed by atoms with van der Waals surface area (Å²) in [5, 5.41) is 0.0916. The first-order chi connectivity index (χ1) is 7.79. The molecule has 0 saturated carbocycles. The van der Waals surface area contributed by atoms with Gasteiger partial charge in [-0.2, -0.15) is 0 Å². The summed E-state index contributed by atoms with van der Waals surface area (Å²) in [6.45, 7) is 2.25. The summed E-state index contributed by atoms with van der Waals surface area (Å²) in [5.74, 6) is -0.161. The van der Waals surface area contributed by atoms with Crippen molar-refractivity contribution in [2.45, 2.75) is 23.5 Å². The number of fused-ring (bicyclic) bond motifs is 1. The van der Waals surface area contributed by atoms with E-state index in [2.05, 4.69) is 4.99 Å². The van der Waals surface area contributed by atoms with E-state index >= 15 is 0 Å². The summed E-state index contributed by atoms with van der Waals surface area (Å²) in [6, 6.07) is 7.94. The number of nitrogens with zero attached hydrogens (tertiary/aromatic N) is 1. The Morgan fingerprint density at radius 2 is 2.31 bits per heavy atom. The van der Waals surface area contributed by atoms with E-state index in [0.717, 1.165) is 10.6 Å². The minimum Gasteiger partial charge on any atom is -0.466 e. The number of carbonyl (C=O) groups is 1. The van der Waals surface area contributed by atoms with Gasteiger partial charge in [-0.1, -0.05) is 12.1 Å². The SMILES string of the molecule is CCOC(=O)CC1C=Nc2ccccc2S1. The Morgan fingerprint density at radius 1 is 1.50 bits per heavy atom. The highest BCUT2D eigenvalue weighted by atomic mass is 32.2. The van der Waals surface area contributed by atoms with E-state index in [4.69, 9.17) is 4.74 Å². The fourth-order valence-electron chi connectivity index (χ4n) is 1.50. The maximum atomic E-state index is 11.3. The van der Waals surface area contributed by atoms with Crippen LogP contribution in [-0.2, 0) is 9.53 Å². The Balaban J connectivity index is 2.01. The summed E-state index contributed by atoms with van der Waals surface area (Å²) in [7, 11) is 0. The molecule has 4 heteroatoms. The molecule has 1 aliphatic heterocycles. The number of hydrogen-bond donors (Lipinski definition) is 0. The van der Waals surface area contributed by atoms with Crippen LogP contribution in [0.1, 0.15) is 13.3 Å². The summed E-state index contributed by atoms with van der Waals surface area (Å²) >= 11 is 1.66. The van der Waals surface area contributed by atoms with Gasteiger partial charge in [0, 0.05) is 11.1 Å². The minimum absolute atomic E-state index is 0.0916. The van der Waals surface area contributed by atoms with Gasteiger partial charge in [-0.05, 0) is 19.1 Å². The molecule has 1 aromatic carbocycles. The second-order valence-electron chi connectivity index (χ2n) is 3.41. The molecule has 84 valence electrons. The van der Waals surface area contributed by atoms with Crippen molar-refractivity contribution in [2.24, 2.45) is 4.99 Å². The van der Waals surface area contributed by atoms with E-state index in [1.165, 1.54) is 0 Å². The number of esters is 1. The Bertz CT molecular complexity index is 417. The second-order valence-corrected chi connectivity index (χ2v) is 4.69. The van der Waals surface area contributed by atoms with Gasteiger partial charge in [-0.15, -0.1) is 11.8 Å². The molecule has 0 aliphatic carbocycles. The highest BCUT2D eigenvalue weighted by Crippen LogP contribution is 2.36. The monoisotopic (exact) mass is 235 g/mol. The highest BCUT2D eigenvalue weighted by Gasteiger charge is 2.18. The molecule has 0 amide bonds. The van der Waals surface area contributed by atoms with Gasteiger partial charge >= 0.3 is 5.97 Å². The molecule has 3 nitrogen and oxygen atoms in total. The Morgan fingerprint density at radius 3 is 3.12 bits per heavy atom. The molecule has 0 fully saturated rings. The van der Waals surface area contributed by atoms with Crippen LogP contribution in [0.15, 0.2) is 34.2 Å². The molecule has 2 rings (SSSR count). The Kier molecular flexibility index (Phi) is 3.62. The number of hydrogen-bond acceptors (Lipinski definition) is 4. The summed E-state index contributed by atoms with van der Waals surface area (Å²) in [6.07, 6.45) is 2.21. The molecule has 0 aromatic heterocycles. The van der Waals surface area contributed by atoms with Crippen LogP contribution < -0.4 is 0 Å². The van der Waals surface area contributed by atoms with Gasteiger partial charge in [0.25, 0.3) is 0 Å². The Hall–Kier alpha value is -1.29. The van der Waals surface area contributed by atoms with Gasteiger partial charge in [0.1, 0.15) is 0 Å². The normalized spacial score (nSPS) is 17.9. The van der Waals surface area contributed by atoms with Crippen LogP contribution in [0.25, 0.3) is 0 Å². The van der Waals surface area contributed by atoms with Crippen molar-refractivity contribution in [3.8, 4) is 0 Å². The van der Waals surface area contributed by atoms with Crippen molar-refractivity contribution in [1.82, 2.24) is 0 Å². The van der Waals surface area contributed by atoms with Crippen molar-refractivity contribution in [3.05, 3.63) is 24.3 Å². The van der Waals surface area contributed by atoms with E-state index < -0.39 is 0 Å². The van der Waals surface area contributed by atoms with E-state index in [1.807, 2.05) is 37.4 Å². The molecule has 0 bridgehead atoms. The molecule has 1 unspecified atom stereocenters. The lowest BCUT2D eigenvalue weighted by Crippen LogP contribution is -2.15. The number of ether oxygens (including phenoxy) is 1. The molecule has 1 heterocycles. The lowest BCUT2D eigenvalue weighted by Gasteiger charge is -2.16. The van der Waals surface area contributed by atoms with E-state index in [9.17, 15) is 4.79 Å². The zero-order valence-electron chi connectivity index (χ0n) is 9.05. The molecule has 0 saturated heterocycles. The van der Waals surface area contributed by atoms with Crippen molar-refractivity contribution < 1.29 is 9.53 Å². The third-order valence-electron chi connectivity index (χ3n) is 2.20. The number of aliphatic imine (C=N–C) groups is 1. The lowest BCUT2D eigenvalue weighted by molar-refractivity contribution is -0.142. The maximum absolute atomic E-state index is 11.3. The Labute approximate surface area is 98.9 Å². The van der Waals surface area contributed by atoms with Crippen LogP contribution in [0.2, 0.25) is 0 Å². The summed E-state index contributed by atoms with van der Waals surface area (Å²) < 4.78 is 4.92. The smallest absolute Gasteiger partial charge is 0.307 e. The van der Waals surface area contributed by atoms with Crippen molar-refractivity contribution in [1.29, 1.82) is 0 Å². The van der Waals surface area contributed by atoms with Crippen molar-refractivity contribution in [2.75, 3.05) is 6.61 Å². The van der Waals surface area contributed by atoms with Gasteiger partial charge < -0.3 is 4.74 Å². The van der Waals surface area contributed by atoms with E-state index in [1.54, 1.807) is 11.8 Å². The molecule has 16 heavy (non-hydrogen) atoms.